The first kappa shape index (κ1) is 21.7. The molecule has 0 fully saturated rings. The first-order valence-corrected chi connectivity index (χ1v) is 10.6. The number of hydrogen-bond acceptors (Lipinski definition) is 5. The van der Waals surface area contributed by atoms with E-state index in [0.717, 1.165) is 0 Å². The van der Waals surface area contributed by atoms with Crippen LogP contribution in [0.1, 0.15) is 38.1 Å². The first-order chi connectivity index (χ1) is 13.3. The molecule has 0 spiro atoms. The quantitative estimate of drug-likeness (QED) is 0.665. The van der Waals surface area contributed by atoms with Crippen molar-refractivity contribution in [3.8, 4) is 11.5 Å². The lowest BCUT2D eigenvalue weighted by Crippen LogP contribution is -2.30. The maximum atomic E-state index is 12.6. The van der Waals surface area contributed by atoms with E-state index in [1.54, 1.807) is 38.1 Å². The smallest absolute Gasteiger partial charge is 0.255 e. The minimum atomic E-state index is -3.68. The number of amides is 1. The van der Waals surface area contributed by atoms with Gasteiger partial charge in [-0.2, -0.15) is 0 Å². The number of nitrogens with one attached hydrogen (secondary N) is 2. The Kier molecular flexibility index (Phi) is 7.42. The van der Waals surface area contributed by atoms with Crippen molar-refractivity contribution in [3.63, 3.8) is 0 Å². The van der Waals surface area contributed by atoms with Gasteiger partial charge in [-0.1, -0.05) is 6.07 Å². The molecule has 2 aromatic carbocycles. The van der Waals surface area contributed by atoms with Crippen LogP contribution in [0.4, 0.5) is 5.69 Å². The molecule has 0 radical (unpaired) electrons. The van der Waals surface area contributed by atoms with Crippen LogP contribution in [0, 0.1) is 0 Å². The fourth-order valence-corrected chi connectivity index (χ4v) is 3.81. The van der Waals surface area contributed by atoms with Crippen molar-refractivity contribution in [2.24, 2.45) is 0 Å². The fraction of sp³-hybridized carbons (Fsp3) is 0.350. The third-order valence-corrected chi connectivity index (χ3v) is 5.25. The van der Waals surface area contributed by atoms with Crippen molar-refractivity contribution in [2.45, 2.75) is 38.6 Å². The summed E-state index contributed by atoms with van der Waals surface area (Å²) in [6.45, 7) is 8.16. The van der Waals surface area contributed by atoms with Gasteiger partial charge in [-0.25, -0.2) is 13.1 Å². The number of carbonyl (C=O) groups excluding carboxylic acids is 1. The van der Waals surface area contributed by atoms with Gasteiger partial charge in [0.05, 0.1) is 18.1 Å². The second kappa shape index (κ2) is 9.57. The van der Waals surface area contributed by atoms with Crippen LogP contribution in [0.15, 0.2) is 47.4 Å². The van der Waals surface area contributed by atoms with Crippen molar-refractivity contribution in [1.29, 1.82) is 0 Å². The van der Waals surface area contributed by atoms with Gasteiger partial charge in [-0.15, -0.1) is 0 Å². The van der Waals surface area contributed by atoms with Gasteiger partial charge in [-0.3, -0.25) is 4.79 Å². The summed E-state index contributed by atoms with van der Waals surface area (Å²) in [4.78, 5) is 12.6. The third-order valence-electron chi connectivity index (χ3n) is 3.60. The Balaban J connectivity index is 2.23. The van der Waals surface area contributed by atoms with Crippen LogP contribution in [0.5, 0.6) is 11.5 Å². The molecule has 2 N–H and O–H groups in total. The van der Waals surface area contributed by atoms with Crippen molar-refractivity contribution < 1.29 is 22.7 Å². The van der Waals surface area contributed by atoms with Crippen molar-refractivity contribution in [2.75, 3.05) is 18.5 Å². The molecule has 0 unspecified atom stereocenters. The van der Waals surface area contributed by atoms with Gasteiger partial charge in [0.15, 0.2) is 11.5 Å². The highest BCUT2D eigenvalue weighted by Crippen LogP contribution is 2.30. The summed E-state index contributed by atoms with van der Waals surface area (Å²) in [5, 5.41) is 2.76. The Labute approximate surface area is 166 Å². The number of carbonyl (C=O) groups is 1. The summed E-state index contributed by atoms with van der Waals surface area (Å²) in [6.07, 6.45) is 0. The zero-order valence-corrected chi connectivity index (χ0v) is 17.3. The number of benzene rings is 2. The summed E-state index contributed by atoms with van der Waals surface area (Å²) in [5.74, 6) is 0.697. The molecular weight excluding hydrogens is 380 g/mol. The molecule has 2 rings (SSSR count). The van der Waals surface area contributed by atoms with Crippen LogP contribution in [0.25, 0.3) is 0 Å². The van der Waals surface area contributed by atoms with E-state index < -0.39 is 15.9 Å². The van der Waals surface area contributed by atoms with Crippen LogP contribution in [0.2, 0.25) is 0 Å². The molecule has 0 saturated heterocycles. The predicted octanol–water partition coefficient (Wildman–Crippen LogP) is 3.42. The van der Waals surface area contributed by atoms with Crippen molar-refractivity contribution >= 4 is 21.6 Å². The lowest BCUT2D eigenvalue weighted by molar-refractivity contribution is 0.102. The number of hydrogen-bond donors (Lipinski definition) is 2. The highest BCUT2D eigenvalue weighted by atomic mass is 32.2. The van der Waals surface area contributed by atoms with Crippen LogP contribution in [-0.2, 0) is 10.0 Å². The molecule has 0 saturated carbocycles. The molecule has 0 aliphatic carbocycles. The molecule has 0 aliphatic heterocycles. The Morgan fingerprint density at radius 3 is 2.32 bits per heavy atom. The van der Waals surface area contributed by atoms with Gasteiger partial charge in [0, 0.05) is 23.4 Å². The van der Waals surface area contributed by atoms with Crippen LogP contribution >= 0.6 is 0 Å². The normalized spacial score (nSPS) is 11.3. The Morgan fingerprint density at radius 2 is 1.68 bits per heavy atom. The average Bonchev–Trinajstić information content (AvgIpc) is 2.63. The Bertz CT molecular complexity index is 926. The van der Waals surface area contributed by atoms with Gasteiger partial charge in [-0.05, 0) is 58.0 Å². The zero-order valence-electron chi connectivity index (χ0n) is 16.5. The van der Waals surface area contributed by atoms with Crippen LogP contribution in [0.3, 0.4) is 0 Å². The Morgan fingerprint density at radius 1 is 1.00 bits per heavy atom. The number of sulfonamides is 1. The zero-order chi connectivity index (χ0) is 20.7. The maximum absolute atomic E-state index is 12.6. The molecule has 0 bridgehead atoms. The average molecular weight is 407 g/mol. The van der Waals surface area contributed by atoms with Gasteiger partial charge >= 0.3 is 0 Å². The van der Waals surface area contributed by atoms with E-state index in [1.165, 1.54) is 18.2 Å². The molecule has 28 heavy (non-hydrogen) atoms. The number of anilines is 1. The lowest BCUT2D eigenvalue weighted by atomic mass is 10.2. The maximum Gasteiger partial charge on any atom is 0.255 e. The van der Waals surface area contributed by atoms with E-state index in [9.17, 15) is 13.2 Å². The van der Waals surface area contributed by atoms with Gasteiger partial charge < -0.3 is 14.8 Å². The van der Waals surface area contributed by atoms with Crippen molar-refractivity contribution in [1.82, 2.24) is 4.72 Å². The molecule has 8 heteroatoms. The molecule has 1 amide bonds. The molecule has 152 valence electrons. The molecule has 0 atom stereocenters. The third kappa shape index (κ3) is 5.71. The fourth-order valence-electron chi connectivity index (χ4n) is 2.51. The van der Waals surface area contributed by atoms with Gasteiger partial charge in [0.25, 0.3) is 5.91 Å². The highest BCUT2D eigenvalue weighted by molar-refractivity contribution is 7.89. The number of ether oxygens (including phenoxy) is 2. The Hall–Kier alpha value is -2.58. The second-order valence-corrected chi connectivity index (χ2v) is 8.00. The predicted molar refractivity (Wildman–Crippen MR) is 109 cm³/mol. The topological polar surface area (TPSA) is 93.7 Å². The minimum absolute atomic E-state index is 0.0375. The summed E-state index contributed by atoms with van der Waals surface area (Å²) in [5.41, 5.74) is 0.754. The lowest BCUT2D eigenvalue weighted by Gasteiger charge is -2.13. The van der Waals surface area contributed by atoms with E-state index in [0.29, 0.717) is 30.4 Å². The molecule has 0 aliphatic rings. The molecule has 2 aromatic rings. The molecule has 0 aromatic heterocycles. The SMILES string of the molecule is CCOc1ccc(NC(=O)c2cccc(S(=O)(=O)NC(C)C)c2)cc1OCC. The standard InChI is InChI=1S/C20H26N2O5S/c1-5-26-18-11-10-16(13-19(18)27-6-2)21-20(23)15-8-7-9-17(12-15)28(24,25)22-14(3)4/h7-14,22H,5-6H2,1-4H3,(H,21,23). The van der Waals surface area contributed by atoms with E-state index in [-0.39, 0.29) is 16.5 Å². The summed E-state index contributed by atoms with van der Waals surface area (Å²) in [7, 11) is -3.68. The van der Waals surface area contributed by atoms with Gasteiger partial charge in [0.2, 0.25) is 10.0 Å². The second-order valence-electron chi connectivity index (χ2n) is 6.29. The molecule has 0 heterocycles. The highest BCUT2D eigenvalue weighted by Gasteiger charge is 2.17. The van der Waals surface area contributed by atoms with E-state index >= 15 is 0 Å². The minimum Gasteiger partial charge on any atom is -0.490 e. The molecule has 7 nitrogen and oxygen atoms in total. The summed E-state index contributed by atoms with van der Waals surface area (Å²) >= 11 is 0. The van der Waals surface area contributed by atoms with Crippen molar-refractivity contribution in [3.05, 3.63) is 48.0 Å². The van der Waals surface area contributed by atoms with Crippen LogP contribution in [-0.4, -0.2) is 33.6 Å². The summed E-state index contributed by atoms with van der Waals surface area (Å²) < 4.78 is 38.2. The van der Waals surface area contributed by atoms with E-state index in [1.807, 2.05) is 13.8 Å². The first-order valence-electron chi connectivity index (χ1n) is 9.10. The van der Waals surface area contributed by atoms with E-state index in [4.69, 9.17) is 9.47 Å². The van der Waals surface area contributed by atoms with E-state index in [2.05, 4.69) is 10.0 Å². The van der Waals surface area contributed by atoms with Crippen LogP contribution < -0.4 is 19.5 Å². The summed E-state index contributed by atoms with van der Waals surface area (Å²) in [6, 6.07) is 10.7. The monoisotopic (exact) mass is 406 g/mol. The van der Waals surface area contributed by atoms with Gasteiger partial charge in [0.1, 0.15) is 0 Å². The number of rotatable bonds is 9. The molecular formula is C20H26N2O5S. The largest absolute Gasteiger partial charge is 0.490 e.